The van der Waals surface area contributed by atoms with Crippen molar-refractivity contribution in [3.05, 3.63) is 34.6 Å². The molecule has 0 amide bonds. The van der Waals surface area contributed by atoms with Crippen LogP contribution >= 0.6 is 23.4 Å². The van der Waals surface area contributed by atoms with Crippen molar-refractivity contribution in [2.45, 2.75) is 44.0 Å². The molecular formula is C14H19ClFNS. The Morgan fingerprint density at radius 3 is 3.06 bits per heavy atom. The van der Waals surface area contributed by atoms with Gasteiger partial charge < -0.3 is 5.32 Å². The van der Waals surface area contributed by atoms with Gasteiger partial charge in [0.05, 0.1) is 0 Å². The average molecular weight is 288 g/mol. The smallest absolute Gasteiger partial charge is 0.123 e. The maximum absolute atomic E-state index is 13.2. The lowest BCUT2D eigenvalue weighted by Gasteiger charge is -2.20. The van der Waals surface area contributed by atoms with E-state index >= 15 is 0 Å². The molecule has 1 aromatic rings. The summed E-state index contributed by atoms with van der Waals surface area (Å²) in [5, 5.41) is 4.87. The second-order valence-corrected chi connectivity index (χ2v) is 6.57. The van der Waals surface area contributed by atoms with E-state index in [2.05, 4.69) is 12.2 Å². The van der Waals surface area contributed by atoms with Gasteiger partial charge in [-0.25, -0.2) is 4.39 Å². The number of rotatable bonds is 5. The van der Waals surface area contributed by atoms with E-state index in [0.717, 1.165) is 11.3 Å². The van der Waals surface area contributed by atoms with Crippen LogP contribution in [0.3, 0.4) is 0 Å². The van der Waals surface area contributed by atoms with Crippen molar-refractivity contribution >= 4 is 23.4 Å². The van der Waals surface area contributed by atoms with Crippen molar-refractivity contribution < 1.29 is 4.39 Å². The van der Waals surface area contributed by atoms with E-state index in [1.807, 2.05) is 11.8 Å². The quantitative estimate of drug-likeness (QED) is 0.869. The van der Waals surface area contributed by atoms with E-state index in [0.29, 0.717) is 22.9 Å². The Bertz CT molecular complexity index is 399. The maximum Gasteiger partial charge on any atom is 0.123 e. The lowest BCUT2D eigenvalue weighted by atomic mass is 10.2. The van der Waals surface area contributed by atoms with Crippen molar-refractivity contribution in [3.63, 3.8) is 0 Å². The van der Waals surface area contributed by atoms with Crippen molar-refractivity contribution in [2.75, 3.05) is 5.75 Å². The third-order valence-corrected chi connectivity index (χ3v) is 5.09. The molecule has 1 nitrogen and oxygen atoms in total. The van der Waals surface area contributed by atoms with Crippen LogP contribution < -0.4 is 5.32 Å². The fourth-order valence-corrected chi connectivity index (χ4v) is 3.90. The van der Waals surface area contributed by atoms with Gasteiger partial charge in [0.25, 0.3) is 0 Å². The summed E-state index contributed by atoms with van der Waals surface area (Å²) in [6.45, 7) is 2.85. The highest BCUT2D eigenvalue weighted by Gasteiger charge is 2.26. The van der Waals surface area contributed by atoms with E-state index in [9.17, 15) is 4.39 Å². The first kappa shape index (κ1) is 14.2. The van der Waals surface area contributed by atoms with E-state index in [4.69, 9.17) is 11.6 Å². The zero-order valence-corrected chi connectivity index (χ0v) is 12.2. The van der Waals surface area contributed by atoms with Crippen LogP contribution in [-0.4, -0.2) is 17.0 Å². The minimum Gasteiger partial charge on any atom is -0.309 e. The summed E-state index contributed by atoms with van der Waals surface area (Å²) in [6.07, 6.45) is 3.78. The highest BCUT2D eigenvalue weighted by molar-refractivity contribution is 7.99. The van der Waals surface area contributed by atoms with Crippen LogP contribution in [0.4, 0.5) is 4.39 Å². The second-order valence-electron chi connectivity index (χ2n) is 4.65. The van der Waals surface area contributed by atoms with Crippen molar-refractivity contribution in [1.82, 2.24) is 5.32 Å². The molecule has 0 bridgehead atoms. The Labute approximate surface area is 117 Å². The molecule has 0 heterocycles. The van der Waals surface area contributed by atoms with Crippen molar-refractivity contribution in [1.29, 1.82) is 0 Å². The van der Waals surface area contributed by atoms with Gasteiger partial charge in [0.2, 0.25) is 0 Å². The maximum atomic E-state index is 13.2. The third kappa shape index (κ3) is 3.62. The van der Waals surface area contributed by atoms with Crippen LogP contribution in [0.15, 0.2) is 18.2 Å². The molecule has 100 valence electrons. The molecule has 1 saturated carbocycles. The number of hydrogen-bond acceptors (Lipinski definition) is 2. The van der Waals surface area contributed by atoms with E-state index < -0.39 is 0 Å². The first-order valence-electron chi connectivity index (χ1n) is 6.49. The van der Waals surface area contributed by atoms with E-state index in [-0.39, 0.29) is 5.82 Å². The van der Waals surface area contributed by atoms with Gasteiger partial charge in [0.15, 0.2) is 0 Å². The van der Waals surface area contributed by atoms with Crippen molar-refractivity contribution in [2.24, 2.45) is 0 Å². The molecule has 18 heavy (non-hydrogen) atoms. The van der Waals surface area contributed by atoms with Gasteiger partial charge in [-0.3, -0.25) is 0 Å². The highest BCUT2D eigenvalue weighted by atomic mass is 35.5. The zero-order chi connectivity index (χ0) is 13.0. The lowest BCUT2D eigenvalue weighted by molar-refractivity contribution is 0.530. The molecule has 1 N–H and O–H groups in total. The summed E-state index contributed by atoms with van der Waals surface area (Å²) in [7, 11) is 0. The largest absolute Gasteiger partial charge is 0.309 e. The van der Waals surface area contributed by atoms with Crippen LogP contribution in [-0.2, 0) is 6.54 Å². The molecule has 0 aliphatic heterocycles. The molecule has 2 atom stereocenters. The second kappa shape index (κ2) is 6.78. The summed E-state index contributed by atoms with van der Waals surface area (Å²) in [4.78, 5) is 0. The standard InChI is InChI=1S/C14H19ClFNS/c1-2-18-14-5-3-4-13(14)17-9-10-8-11(16)6-7-12(10)15/h6-8,13-14,17H,2-5,9H2,1H3. The molecule has 2 unspecified atom stereocenters. The van der Waals surface area contributed by atoms with E-state index in [1.165, 1.54) is 31.4 Å². The highest BCUT2D eigenvalue weighted by Crippen LogP contribution is 2.30. The summed E-state index contributed by atoms with van der Waals surface area (Å²) in [5.41, 5.74) is 0.851. The van der Waals surface area contributed by atoms with Crippen LogP contribution in [0.5, 0.6) is 0 Å². The zero-order valence-electron chi connectivity index (χ0n) is 10.6. The first-order chi connectivity index (χ1) is 8.70. The van der Waals surface area contributed by atoms with Crippen molar-refractivity contribution in [3.8, 4) is 0 Å². The normalized spacial score (nSPS) is 23.5. The van der Waals surface area contributed by atoms with Gasteiger partial charge in [-0.15, -0.1) is 0 Å². The molecular weight excluding hydrogens is 269 g/mol. The summed E-state index contributed by atoms with van der Waals surface area (Å²) in [6, 6.07) is 5.08. The molecule has 0 saturated heterocycles. The third-order valence-electron chi connectivity index (χ3n) is 3.40. The first-order valence-corrected chi connectivity index (χ1v) is 7.92. The molecule has 2 rings (SSSR count). The molecule has 1 fully saturated rings. The van der Waals surface area contributed by atoms with E-state index in [1.54, 1.807) is 6.07 Å². The molecule has 1 aliphatic carbocycles. The Balaban J connectivity index is 1.92. The lowest BCUT2D eigenvalue weighted by Crippen LogP contribution is -2.33. The fourth-order valence-electron chi connectivity index (χ4n) is 2.49. The number of halogens is 2. The average Bonchev–Trinajstić information content (AvgIpc) is 2.78. The topological polar surface area (TPSA) is 12.0 Å². The molecule has 0 radical (unpaired) electrons. The Hall–Kier alpha value is -0.250. The van der Waals surface area contributed by atoms with Gasteiger partial charge in [-0.05, 0) is 42.4 Å². The molecule has 1 aromatic carbocycles. The number of benzene rings is 1. The van der Waals surface area contributed by atoms with Gasteiger partial charge in [-0.1, -0.05) is 24.9 Å². The number of thioether (sulfide) groups is 1. The van der Waals surface area contributed by atoms with Crippen LogP contribution in [0.1, 0.15) is 31.7 Å². The van der Waals surface area contributed by atoms with Crippen LogP contribution in [0, 0.1) is 5.82 Å². The van der Waals surface area contributed by atoms with Gasteiger partial charge in [0.1, 0.15) is 5.82 Å². The minimum absolute atomic E-state index is 0.220. The van der Waals surface area contributed by atoms with Gasteiger partial charge in [0, 0.05) is 22.9 Å². The van der Waals surface area contributed by atoms with Crippen LogP contribution in [0.25, 0.3) is 0 Å². The molecule has 0 spiro atoms. The minimum atomic E-state index is -0.220. The van der Waals surface area contributed by atoms with Crippen LogP contribution in [0.2, 0.25) is 5.02 Å². The fraction of sp³-hybridized carbons (Fsp3) is 0.571. The van der Waals surface area contributed by atoms with Gasteiger partial charge in [-0.2, -0.15) is 11.8 Å². The molecule has 0 aromatic heterocycles. The Morgan fingerprint density at radius 1 is 1.44 bits per heavy atom. The summed E-state index contributed by atoms with van der Waals surface area (Å²) >= 11 is 8.09. The van der Waals surface area contributed by atoms with Gasteiger partial charge >= 0.3 is 0 Å². The SMILES string of the molecule is CCSC1CCCC1NCc1cc(F)ccc1Cl. The number of nitrogens with one attached hydrogen (secondary N) is 1. The monoisotopic (exact) mass is 287 g/mol. The Kier molecular flexibility index (Phi) is 5.34. The predicted molar refractivity (Wildman–Crippen MR) is 77.8 cm³/mol. The molecule has 1 aliphatic rings. The molecule has 4 heteroatoms. The summed E-state index contributed by atoms with van der Waals surface area (Å²) in [5.74, 6) is 0.936. The number of hydrogen-bond donors (Lipinski definition) is 1. The Morgan fingerprint density at radius 2 is 2.28 bits per heavy atom. The summed E-state index contributed by atoms with van der Waals surface area (Å²) < 4.78 is 13.2. The predicted octanol–water partition coefficient (Wildman–Crippen LogP) is 4.24.